The average Bonchev–Trinajstić information content (AvgIpc) is 2.71. The lowest BCUT2D eigenvalue weighted by molar-refractivity contribution is 0.224. The van der Waals surface area contributed by atoms with Crippen LogP contribution in [0.4, 0.5) is 0 Å². The normalized spacial score (nSPS) is 12.7. The van der Waals surface area contributed by atoms with Crippen molar-refractivity contribution in [1.82, 2.24) is 9.59 Å². The van der Waals surface area contributed by atoms with Crippen molar-refractivity contribution in [3.63, 3.8) is 0 Å². The summed E-state index contributed by atoms with van der Waals surface area (Å²) >= 11 is 6.92. The first-order valence-electron chi connectivity index (χ1n) is 3.98. The third-order valence-corrected chi connectivity index (χ3v) is 2.80. The highest BCUT2D eigenvalue weighted by Crippen LogP contribution is 2.24. The fourth-order valence-electron chi connectivity index (χ4n) is 1.10. The van der Waals surface area contributed by atoms with Gasteiger partial charge in [-0.25, -0.2) is 0 Å². The summed E-state index contributed by atoms with van der Waals surface area (Å²) in [6.07, 6.45) is 0.900. The second-order valence-electron chi connectivity index (χ2n) is 2.77. The van der Waals surface area contributed by atoms with Crippen molar-refractivity contribution in [2.45, 2.75) is 6.10 Å². The molecule has 0 aliphatic rings. The zero-order valence-electron chi connectivity index (χ0n) is 7.09. The summed E-state index contributed by atoms with van der Waals surface area (Å²) in [5.41, 5.74) is 0.792. The van der Waals surface area contributed by atoms with Crippen LogP contribution in [0.25, 0.3) is 0 Å². The molecule has 0 saturated heterocycles. The van der Waals surface area contributed by atoms with Gasteiger partial charge in [0.05, 0.1) is 11.1 Å². The Labute approximate surface area is 90.1 Å². The van der Waals surface area contributed by atoms with Gasteiger partial charge in [0.15, 0.2) is 0 Å². The van der Waals surface area contributed by atoms with E-state index in [1.807, 2.05) is 0 Å². The van der Waals surface area contributed by atoms with E-state index in [2.05, 4.69) is 9.59 Å². The molecule has 0 spiro atoms. The first-order valence-corrected chi connectivity index (χ1v) is 5.13. The molecule has 2 aromatic rings. The van der Waals surface area contributed by atoms with Crippen LogP contribution in [-0.2, 0) is 0 Å². The van der Waals surface area contributed by atoms with Crippen molar-refractivity contribution in [2.75, 3.05) is 0 Å². The molecule has 0 aliphatic heterocycles. The molecular formula is C9H7ClN2OS. The molecule has 1 aromatic heterocycles. The number of nitrogens with zero attached hydrogens (tertiary/aromatic N) is 2. The van der Waals surface area contributed by atoms with Gasteiger partial charge in [-0.2, -0.15) is 0 Å². The summed E-state index contributed by atoms with van der Waals surface area (Å²) in [6, 6.07) is 7.06. The van der Waals surface area contributed by atoms with Gasteiger partial charge in [-0.15, -0.1) is 5.10 Å². The Balaban J connectivity index is 2.28. The molecule has 1 atom stereocenters. The van der Waals surface area contributed by atoms with Gasteiger partial charge in [-0.3, -0.25) is 0 Å². The van der Waals surface area contributed by atoms with Gasteiger partial charge in [-0.05, 0) is 29.2 Å². The second kappa shape index (κ2) is 4.04. The number of rotatable bonds is 2. The molecule has 1 unspecified atom stereocenters. The van der Waals surface area contributed by atoms with E-state index in [0.717, 1.165) is 10.4 Å². The van der Waals surface area contributed by atoms with Gasteiger partial charge in [-0.1, -0.05) is 28.2 Å². The third kappa shape index (κ3) is 1.92. The van der Waals surface area contributed by atoms with E-state index < -0.39 is 6.10 Å². The Kier molecular flexibility index (Phi) is 2.77. The molecule has 5 heteroatoms. The van der Waals surface area contributed by atoms with Gasteiger partial charge in [0.1, 0.15) is 6.10 Å². The van der Waals surface area contributed by atoms with Gasteiger partial charge in [0.2, 0.25) is 0 Å². The lowest BCUT2D eigenvalue weighted by atomic mass is 10.1. The van der Waals surface area contributed by atoms with Crippen LogP contribution in [0.2, 0.25) is 5.02 Å². The Morgan fingerprint density at radius 3 is 2.57 bits per heavy atom. The predicted molar refractivity (Wildman–Crippen MR) is 55.4 cm³/mol. The van der Waals surface area contributed by atoms with E-state index in [1.54, 1.807) is 30.5 Å². The highest BCUT2D eigenvalue weighted by Gasteiger charge is 2.12. The first-order chi connectivity index (χ1) is 6.77. The third-order valence-electron chi connectivity index (χ3n) is 1.83. The zero-order chi connectivity index (χ0) is 9.97. The number of hydrogen-bond donors (Lipinski definition) is 1. The Morgan fingerprint density at radius 2 is 2.00 bits per heavy atom. The monoisotopic (exact) mass is 226 g/mol. The molecule has 1 N–H and O–H groups in total. The molecule has 1 heterocycles. The number of aliphatic hydroxyl groups excluding tert-OH is 1. The fourth-order valence-corrected chi connectivity index (χ4v) is 1.75. The van der Waals surface area contributed by atoms with Crippen LogP contribution in [0.5, 0.6) is 0 Å². The Morgan fingerprint density at radius 1 is 1.29 bits per heavy atom. The number of benzene rings is 1. The number of hydrogen-bond acceptors (Lipinski definition) is 4. The average molecular weight is 227 g/mol. The van der Waals surface area contributed by atoms with E-state index in [4.69, 9.17) is 11.6 Å². The minimum Gasteiger partial charge on any atom is -0.383 e. The Hall–Kier alpha value is -0.970. The molecule has 72 valence electrons. The predicted octanol–water partition coefficient (Wildman–Crippen LogP) is 2.27. The minimum atomic E-state index is -0.660. The molecule has 1 aromatic carbocycles. The van der Waals surface area contributed by atoms with Crippen LogP contribution in [0.1, 0.15) is 16.5 Å². The van der Waals surface area contributed by atoms with Gasteiger partial charge >= 0.3 is 0 Å². The standard InChI is InChI=1S/C9H7ClN2OS/c10-7-3-1-6(2-4-7)9(13)8-5-11-12-14-8/h1-5,9,13H. The summed E-state index contributed by atoms with van der Waals surface area (Å²) in [4.78, 5) is 0.729. The molecule has 0 saturated carbocycles. The largest absolute Gasteiger partial charge is 0.383 e. The topological polar surface area (TPSA) is 46.0 Å². The molecule has 0 fully saturated rings. The smallest absolute Gasteiger partial charge is 0.116 e. The highest BCUT2D eigenvalue weighted by molar-refractivity contribution is 7.05. The zero-order valence-corrected chi connectivity index (χ0v) is 8.66. The molecule has 0 bridgehead atoms. The highest BCUT2D eigenvalue weighted by atomic mass is 35.5. The number of halogens is 1. The van der Waals surface area contributed by atoms with E-state index in [-0.39, 0.29) is 0 Å². The Bertz CT molecular complexity index is 401. The lowest BCUT2D eigenvalue weighted by Crippen LogP contribution is -1.96. The first kappa shape index (κ1) is 9.58. The van der Waals surface area contributed by atoms with Gasteiger partial charge < -0.3 is 5.11 Å². The second-order valence-corrected chi connectivity index (χ2v) is 4.03. The van der Waals surface area contributed by atoms with Gasteiger partial charge in [0, 0.05) is 5.02 Å². The van der Waals surface area contributed by atoms with Gasteiger partial charge in [0.25, 0.3) is 0 Å². The quantitative estimate of drug-likeness (QED) is 0.855. The maximum Gasteiger partial charge on any atom is 0.116 e. The van der Waals surface area contributed by atoms with Crippen LogP contribution < -0.4 is 0 Å². The molecule has 0 aliphatic carbocycles. The van der Waals surface area contributed by atoms with Crippen molar-refractivity contribution in [1.29, 1.82) is 0 Å². The van der Waals surface area contributed by atoms with E-state index in [1.165, 1.54) is 11.5 Å². The number of aliphatic hydroxyl groups is 1. The van der Waals surface area contributed by atoms with Crippen LogP contribution >= 0.6 is 23.1 Å². The summed E-state index contributed by atoms with van der Waals surface area (Å²) < 4.78 is 3.69. The molecule has 3 nitrogen and oxygen atoms in total. The van der Waals surface area contributed by atoms with Crippen LogP contribution in [0.15, 0.2) is 30.5 Å². The maximum atomic E-state index is 9.86. The molecule has 14 heavy (non-hydrogen) atoms. The molecule has 0 radical (unpaired) electrons. The van der Waals surface area contributed by atoms with Crippen LogP contribution in [-0.4, -0.2) is 14.7 Å². The van der Waals surface area contributed by atoms with Crippen molar-refractivity contribution in [3.05, 3.63) is 45.9 Å². The summed E-state index contributed by atoms with van der Waals surface area (Å²) in [5, 5.41) is 14.2. The molecular weight excluding hydrogens is 220 g/mol. The summed E-state index contributed by atoms with van der Waals surface area (Å²) in [6.45, 7) is 0. The maximum absolute atomic E-state index is 9.86. The minimum absolute atomic E-state index is 0.656. The SMILES string of the molecule is OC(c1ccc(Cl)cc1)c1cnns1. The summed E-state index contributed by atoms with van der Waals surface area (Å²) in [5.74, 6) is 0. The lowest BCUT2D eigenvalue weighted by Gasteiger charge is -2.06. The molecule has 2 rings (SSSR count). The van der Waals surface area contributed by atoms with E-state index in [9.17, 15) is 5.11 Å². The molecule has 0 amide bonds. The van der Waals surface area contributed by atoms with Crippen LogP contribution in [0.3, 0.4) is 0 Å². The number of aromatic nitrogens is 2. The van der Waals surface area contributed by atoms with Crippen LogP contribution in [0, 0.1) is 0 Å². The van der Waals surface area contributed by atoms with Crippen molar-refractivity contribution >= 4 is 23.1 Å². The fraction of sp³-hybridized carbons (Fsp3) is 0.111. The summed E-state index contributed by atoms with van der Waals surface area (Å²) in [7, 11) is 0. The van der Waals surface area contributed by atoms with E-state index in [0.29, 0.717) is 5.02 Å². The van der Waals surface area contributed by atoms with Crippen molar-refractivity contribution < 1.29 is 5.11 Å². The van der Waals surface area contributed by atoms with Crippen molar-refractivity contribution in [3.8, 4) is 0 Å². The van der Waals surface area contributed by atoms with E-state index >= 15 is 0 Å². The van der Waals surface area contributed by atoms with Crippen molar-refractivity contribution in [2.24, 2.45) is 0 Å².